The number of hydrogen-bond acceptors (Lipinski definition) is 7. The summed E-state index contributed by atoms with van der Waals surface area (Å²) in [5.41, 5.74) is 0.901. The maximum absolute atomic E-state index is 12.6. The SMILES string of the molecule is COC(=O)[C@H](Cc1ccc(OCCCCCCNC(=O)OC(C)(C)C)cc1)NS(=O)(=O)Cc1ccccc1. The van der Waals surface area contributed by atoms with E-state index in [1.807, 2.05) is 26.8 Å². The van der Waals surface area contributed by atoms with Gasteiger partial charge in [0.05, 0.1) is 19.5 Å². The molecule has 0 saturated carbocycles. The van der Waals surface area contributed by atoms with E-state index in [-0.39, 0.29) is 12.2 Å². The van der Waals surface area contributed by atoms with Crippen LogP contribution in [0.3, 0.4) is 0 Å². The summed E-state index contributed by atoms with van der Waals surface area (Å²) in [6.07, 6.45) is 3.43. The first-order valence-corrected chi connectivity index (χ1v) is 14.4. The normalized spacial score (nSPS) is 12.4. The Balaban J connectivity index is 1.73. The van der Waals surface area contributed by atoms with Crippen LogP contribution < -0.4 is 14.8 Å². The van der Waals surface area contributed by atoms with Gasteiger partial charge in [0, 0.05) is 6.54 Å². The molecule has 0 aromatic heterocycles. The number of carbonyl (C=O) groups excluding carboxylic acids is 2. The minimum Gasteiger partial charge on any atom is -0.494 e. The first-order valence-electron chi connectivity index (χ1n) is 12.8. The molecule has 0 heterocycles. The molecular formula is C28H40N2O7S. The smallest absolute Gasteiger partial charge is 0.407 e. The number of carbonyl (C=O) groups is 2. The van der Waals surface area contributed by atoms with Gasteiger partial charge in [-0.25, -0.2) is 17.9 Å². The van der Waals surface area contributed by atoms with Gasteiger partial charge in [-0.05, 0) is 63.3 Å². The Morgan fingerprint density at radius 1 is 0.895 bits per heavy atom. The van der Waals surface area contributed by atoms with Crippen molar-refractivity contribution in [3.8, 4) is 5.75 Å². The summed E-state index contributed by atoms with van der Waals surface area (Å²) in [5.74, 6) is -0.183. The van der Waals surface area contributed by atoms with Gasteiger partial charge in [0.15, 0.2) is 0 Å². The molecule has 0 fully saturated rings. The summed E-state index contributed by atoms with van der Waals surface area (Å²) in [5, 5.41) is 2.75. The minimum absolute atomic E-state index is 0.151. The standard InChI is InChI=1S/C28H40N2O7S/c1-28(2,3)37-27(32)29-18-10-5-6-11-19-36-24-16-14-22(15-17-24)20-25(26(31)35-4)30-38(33,34)21-23-12-8-7-9-13-23/h7-9,12-17,25,30H,5-6,10-11,18-21H2,1-4H3,(H,29,32)/t25-/m0/s1. The summed E-state index contributed by atoms with van der Waals surface area (Å²) in [4.78, 5) is 23.9. The predicted molar refractivity (Wildman–Crippen MR) is 146 cm³/mol. The Labute approximate surface area is 226 Å². The molecule has 0 spiro atoms. The van der Waals surface area contributed by atoms with Crippen LogP contribution >= 0.6 is 0 Å². The van der Waals surface area contributed by atoms with Gasteiger partial charge in [-0.1, -0.05) is 55.3 Å². The van der Waals surface area contributed by atoms with Crippen molar-refractivity contribution < 1.29 is 32.2 Å². The molecule has 2 rings (SSSR count). The molecule has 9 nitrogen and oxygen atoms in total. The molecule has 1 amide bonds. The summed E-state index contributed by atoms with van der Waals surface area (Å²) in [7, 11) is -2.52. The van der Waals surface area contributed by atoms with Crippen LogP contribution in [-0.4, -0.2) is 52.4 Å². The highest BCUT2D eigenvalue weighted by Gasteiger charge is 2.26. The third kappa shape index (κ3) is 12.9. The second-order valence-electron chi connectivity index (χ2n) is 9.98. The summed E-state index contributed by atoms with van der Waals surface area (Å²) in [6.45, 7) is 6.63. The van der Waals surface area contributed by atoms with Gasteiger partial charge < -0.3 is 19.5 Å². The third-order valence-corrected chi connectivity index (χ3v) is 6.74. The summed E-state index contributed by atoms with van der Waals surface area (Å²) in [6, 6.07) is 14.9. The largest absolute Gasteiger partial charge is 0.494 e. The summed E-state index contributed by atoms with van der Waals surface area (Å²) < 4.78 is 43.5. The Morgan fingerprint density at radius 3 is 2.18 bits per heavy atom. The monoisotopic (exact) mass is 548 g/mol. The van der Waals surface area contributed by atoms with Crippen LogP contribution in [0.25, 0.3) is 0 Å². The highest BCUT2D eigenvalue weighted by atomic mass is 32.2. The lowest BCUT2D eigenvalue weighted by molar-refractivity contribution is -0.142. The van der Waals surface area contributed by atoms with Crippen molar-refractivity contribution in [2.24, 2.45) is 0 Å². The van der Waals surface area contributed by atoms with Gasteiger partial charge in [-0.15, -0.1) is 0 Å². The highest BCUT2D eigenvalue weighted by Crippen LogP contribution is 2.16. The Kier molecular flexibility index (Phi) is 12.6. The second-order valence-corrected chi connectivity index (χ2v) is 11.7. The van der Waals surface area contributed by atoms with Crippen molar-refractivity contribution >= 4 is 22.1 Å². The minimum atomic E-state index is -3.75. The van der Waals surface area contributed by atoms with Gasteiger partial charge >= 0.3 is 12.1 Å². The fraction of sp³-hybridized carbons (Fsp3) is 0.500. The molecule has 0 radical (unpaired) electrons. The van der Waals surface area contributed by atoms with Crippen LogP contribution in [0, 0.1) is 0 Å². The molecule has 210 valence electrons. The number of benzene rings is 2. The summed E-state index contributed by atoms with van der Waals surface area (Å²) >= 11 is 0. The molecule has 0 aliphatic rings. The van der Waals surface area contributed by atoms with Gasteiger partial charge in [0.25, 0.3) is 0 Å². The zero-order valence-corrected chi connectivity index (χ0v) is 23.5. The van der Waals surface area contributed by atoms with Crippen LogP contribution in [0.1, 0.15) is 57.6 Å². The van der Waals surface area contributed by atoms with Crippen LogP contribution in [0.15, 0.2) is 54.6 Å². The van der Waals surface area contributed by atoms with E-state index in [0.717, 1.165) is 31.2 Å². The van der Waals surface area contributed by atoms with Crippen molar-refractivity contribution in [2.45, 2.75) is 70.3 Å². The molecule has 0 bridgehead atoms. The zero-order valence-electron chi connectivity index (χ0n) is 22.7. The van der Waals surface area contributed by atoms with Crippen LogP contribution in [0.4, 0.5) is 4.79 Å². The van der Waals surface area contributed by atoms with Crippen molar-refractivity contribution in [1.82, 2.24) is 10.0 Å². The molecule has 0 aliphatic carbocycles. The fourth-order valence-electron chi connectivity index (χ4n) is 3.60. The molecule has 2 aromatic rings. The first-order chi connectivity index (χ1) is 18.0. The number of methoxy groups -OCH3 is 1. The van der Waals surface area contributed by atoms with Crippen molar-refractivity contribution in [3.63, 3.8) is 0 Å². The number of amides is 1. The topological polar surface area (TPSA) is 120 Å². The number of rotatable bonds is 15. The van der Waals surface area contributed by atoms with Crippen LogP contribution in [0.5, 0.6) is 5.75 Å². The molecule has 0 aliphatic heterocycles. The van der Waals surface area contributed by atoms with E-state index >= 15 is 0 Å². The van der Waals surface area contributed by atoms with E-state index in [9.17, 15) is 18.0 Å². The van der Waals surface area contributed by atoms with E-state index in [0.29, 0.717) is 24.5 Å². The predicted octanol–water partition coefficient (Wildman–Crippen LogP) is 4.35. The van der Waals surface area contributed by atoms with Crippen LogP contribution in [0.2, 0.25) is 0 Å². The lowest BCUT2D eigenvalue weighted by Gasteiger charge is -2.19. The number of alkyl carbamates (subject to hydrolysis) is 1. The van der Waals surface area contributed by atoms with Crippen LogP contribution in [-0.2, 0) is 36.5 Å². The Hall–Kier alpha value is -3.11. The first kappa shape index (κ1) is 31.1. The highest BCUT2D eigenvalue weighted by molar-refractivity contribution is 7.88. The lowest BCUT2D eigenvalue weighted by Crippen LogP contribution is -2.43. The quantitative estimate of drug-likeness (QED) is 0.251. The average molecular weight is 549 g/mol. The van der Waals surface area contributed by atoms with E-state index in [4.69, 9.17) is 14.2 Å². The third-order valence-electron chi connectivity index (χ3n) is 5.38. The number of unbranched alkanes of at least 4 members (excludes halogenated alkanes) is 3. The number of esters is 1. The fourth-order valence-corrected chi connectivity index (χ4v) is 4.93. The van der Waals surface area contributed by atoms with E-state index in [2.05, 4.69) is 10.0 Å². The number of ether oxygens (including phenoxy) is 3. The van der Waals surface area contributed by atoms with E-state index in [1.54, 1.807) is 48.5 Å². The van der Waals surface area contributed by atoms with E-state index < -0.39 is 33.7 Å². The van der Waals surface area contributed by atoms with Crippen molar-refractivity contribution in [2.75, 3.05) is 20.3 Å². The molecule has 0 saturated heterocycles. The zero-order chi connectivity index (χ0) is 28.0. The molecule has 38 heavy (non-hydrogen) atoms. The van der Waals surface area contributed by atoms with Crippen molar-refractivity contribution in [1.29, 1.82) is 0 Å². The molecule has 2 N–H and O–H groups in total. The van der Waals surface area contributed by atoms with E-state index in [1.165, 1.54) is 7.11 Å². The number of hydrogen-bond donors (Lipinski definition) is 2. The molecular weight excluding hydrogens is 508 g/mol. The lowest BCUT2D eigenvalue weighted by atomic mass is 10.1. The number of nitrogens with one attached hydrogen (secondary N) is 2. The van der Waals surface area contributed by atoms with Gasteiger partial charge in [0.2, 0.25) is 10.0 Å². The maximum Gasteiger partial charge on any atom is 0.407 e. The van der Waals surface area contributed by atoms with Gasteiger partial charge in [-0.2, -0.15) is 0 Å². The molecule has 0 unspecified atom stereocenters. The van der Waals surface area contributed by atoms with Gasteiger partial charge in [0.1, 0.15) is 17.4 Å². The van der Waals surface area contributed by atoms with Gasteiger partial charge in [-0.3, -0.25) is 4.79 Å². The molecule has 2 aromatic carbocycles. The second kappa shape index (κ2) is 15.3. The number of sulfonamides is 1. The molecule has 1 atom stereocenters. The Bertz CT molecular complexity index is 1100. The molecule has 10 heteroatoms. The Morgan fingerprint density at radius 2 is 1.55 bits per heavy atom. The van der Waals surface area contributed by atoms with Crippen molar-refractivity contribution in [3.05, 3.63) is 65.7 Å². The maximum atomic E-state index is 12.6. The average Bonchev–Trinajstić information content (AvgIpc) is 2.84.